The minimum absolute atomic E-state index is 0.368. The summed E-state index contributed by atoms with van der Waals surface area (Å²) < 4.78 is 15.6. The topological polar surface area (TPSA) is 26.0 Å². The van der Waals surface area contributed by atoms with Gasteiger partial charge in [-0.2, -0.15) is 0 Å². The molecule has 1 aromatic carbocycles. The number of hydrogen-bond acceptors (Lipinski definition) is 2. The molecule has 0 aliphatic heterocycles. The number of benzene rings is 1. The predicted octanol–water partition coefficient (Wildman–Crippen LogP) is 5.11. The first-order valence-corrected chi connectivity index (χ1v) is 7.42. The van der Waals surface area contributed by atoms with Crippen molar-refractivity contribution in [3.8, 4) is 0 Å². The van der Waals surface area contributed by atoms with Crippen LogP contribution in [0.5, 0.6) is 0 Å². The molecule has 2 aromatic rings. The molecule has 6 heteroatoms. The molecule has 0 radical (unpaired) electrons. The van der Waals surface area contributed by atoms with Gasteiger partial charge >= 0.3 is 0 Å². The standard InChI is InChI=1S/C11H7Br2ClFNS/c12-7-4-9(17-11(7)13)10(16)6-2-1-5(14)3-8(6)15/h1-4,10H,16H2. The first-order valence-electron chi connectivity index (χ1n) is 4.64. The Balaban J connectivity index is 2.39. The van der Waals surface area contributed by atoms with Gasteiger partial charge in [-0.05, 0) is 50.1 Å². The fourth-order valence-corrected chi connectivity index (χ4v) is 3.69. The first kappa shape index (κ1) is 13.5. The fourth-order valence-electron chi connectivity index (χ4n) is 1.42. The highest BCUT2D eigenvalue weighted by Gasteiger charge is 2.17. The van der Waals surface area contributed by atoms with Gasteiger partial charge in [-0.15, -0.1) is 11.3 Å². The molecule has 2 N–H and O–H groups in total. The third-order valence-corrected chi connectivity index (χ3v) is 5.84. The molecule has 0 saturated carbocycles. The SMILES string of the molecule is NC(c1cc(Br)c(Br)s1)c1ccc(Cl)cc1F. The molecule has 0 saturated heterocycles. The summed E-state index contributed by atoms with van der Waals surface area (Å²) in [7, 11) is 0. The maximum absolute atomic E-state index is 13.7. The Labute approximate surface area is 124 Å². The maximum atomic E-state index is 13.7. The van der Waals surface area contributed by atoms with Crippen molar-refractivity contribution in [3.63, 3.8) is 0 Å². The van der Waals surface area contributed by atoms with Crippen LogP contribution in [0.3, 0.4) is 0 Å². The van der Waals surface area contributed by atoms with E-state index in [0.29, 0.717) is 10.6 Å². The van der Waals surface area contributed by atoms with Crippen molar-refractivity contribution in [1.82, 2.24) is 0 Å². The van der Waals surface area contributed by atoms with Gasteiger partial charge in [0.25, 0.3) is 0 Å². The Morgan fingerprint density at radius 2 is 2.00 bits per heavy atom. The Hall–Kier alpha value is 0.0600. The van der Waals surface area contributed by atoms with Gasteiger partial charge in [0.05, 0.1) is 9.83 Å². The molecule has 1 unspecified atom stereocenters. The van der Waals surface area contributed by atoms with Crippen LogP contribution >= 0.6 is 54.8 Å². The van der Waals surface area contributed by atoms with Crippen molar-refractivity contribution >= 4 is 54.8 Å². The highest BCUT2D eigenvalue weighted by molar-refractivity contribution is 9.13. The summed E-state index contributed by atoms with van der Waals surface area (Å²) in [4.78, 5) is 0.880. The Morgan fingerprint density at radius 3 is 2.53 bits per heavy atom. The lowest BCUT2D eigenvalue weighted by molar-refractivity contribution is 0.601. The molecule has 17 heavy (non-hydrogen) atoms. The van der Waals surface area contributed by atoms with E-state index in [1.54, 1.807) is 12.1 Å². The summed E-state index contributed by atoms with van der Waals surface area (Å²) in [5.41, 5.74) is 6.48. The molecule has 90 valence electrons. The molecular weight excluding hydrogens is 392 g/mol. The van der Waals surface area contributed by atoms with Gasteiger partial charge in [0.15, 0.2) is 0 Å². The molecular formula is C11H7Br2ClFNS. The number of rotatable bonds is 2. The van der Waals surface area contributed by atoms with Gasteiger partial charge in [-0.25, -0.2) is 4.39 Å². The van der Waals surface area contributed by atoms with Crippen molar-refractivity contribution in [2.45, 2.75) is 6.04 Å². The molecule has 0 fully saturated rings. The van der Waals surface area contributed by atoms with E-state index in [0.717, 1.165) is 13.1 Å². The van der Waals surface area contributed by atoms with E-state index in [4.69, 9.17) is 17.3 Å². The smallest absolute Gasteiger partial charge is 0.129 e. The molecule has 1 aromatic heterocycles. The minimum atomic E-state index is -0.486. The van der Waals surface area contributed by atoms with Crippen LogP contribution in [0.4, 0.5) is 4.39 Å². The largest absolute Gasteiger partial charge is 0.320 e. The molecule has 0 aliphatic rings. The van der Waals surface area contributed by atoms with Crippen LogP contribution in [0, 0.1) is 5.82 Å². The number of thiophene rings is 1. The fraction of sp³-hybridized carbons (Fsp3) is 0.0909. The Kier molecular flexibility index (Phi) is 4.26. The third-order valence-electron chi connectivity index (χ3n) is 2.27. The molecule has 0 spiro atoms. The van der Waals surface area contributed by atoms with Crippen LogP contribution in [-0.2, 0) is 0 Å². The summed E-state index contributed by atoms with van der Waals surface area (Å²) >= 11 is 13.9. The van der Waals surface area contributed by atoms with Crippen LogP contribution < -0.4 is 5.73 Å². The lowest BCUT2D eigenvalue weighted by Gasteiger charge is -2.11. The average molecular weight is 400 g/mol. The van der Waals surface area contributed by atoms with Gasteiger partial charge in [0.2, 0.25) is 0 Å². The molecule has 0 aliphatic carbocycles. The zero-order valence-electron chi connectivity index (χ0n) is 8.38. The minimum Gasteiger partial charge on any atom is -0.320 e. The zero-order valence-corrected chi connectivity index (χ0v) is 13.1. The van der Waals surface area contributed by atoms with Crippen molar-refractivity contribution in [2.24, 2.45) is 5.73 Å². The van der Waals surface area contributed by atoms with E-state index >= 15 is 0 Å². The number of halogens is 4. The molecule has 0 amide bonds. The van der Waals surface area contributed by atoms with E-state index in [2.05, 4.69) is 31.9 Å². The Morgan fingerprint density at radius 1 is 1.29 bits per heavy atom. The van der Waals surface area contributed by atoms with E-state index < -0.39 is 6.04 Å². The summed E-state index contributed by atoms with van der Waals surface area (Å²) in [6.07, 6.45) is 0. The molecule has 1 atom stereocenters. The van der Waals surface area contributed by atoms with E-state index in [9.17, 15) is 4.39 Å². The van der Waals surface area contributed by atoms with Crippen LogP contribution in [-0.4, -0.2) is 0 Å². The summed E-state index contributed by atoms with van der Waals surface area (Å²) in [6.45, 7) is 0. The highest BCUT2D eigenvalue weighted by atomic mass is 79.9. The second-order valence-electron chi connectivity index (χ2n) is 3.41. The van der Waals surface area contributed by atoms with Crippen LogP contribution in [0.15, 0.2) is 32.5 Å². The van der Waals surface area contributed by atoms with Gasteiger partial charge in [-0.3, -0.25) is 0 Å². The van der Waals surface area contributed by atoms with Crippen molar-refractivity contribution < 1.29 is 4.39 Å². The quantitative estimate of drug-likeness (QED) is 0.746. The van der Waals surface area contributed by atoms with E-state index in [1.165, 1.54) is 17.4 Å². The van der Waals surface area contributed by atoms with E-state index in [1.807, 2.05) is 6.07 Å². The van der Waals surface area contributed by atoms with Gasteiger partial charge in [0, 0.05) is 19.9 Å². The lowest BCUT2D eigenvalue weighted by atomic mass is 10.1. The molecule has 2 rings (SSSR count). The number of hydrogen-bond donors (Lipinski definition) is 1. The second kappa shape index (κ2) is 5.36. The number of nitrogens with two attached hydrogens (primary N) is 1. The Bertz CT molecular complexity index is 539. The summed E-state index contributed by atoms with van der Waals surface area (Å²) in [6, 6.07) is 5.92. The van der Waals surface area contributed by atoms with Crippen molar-refractivity contribution in [3.05, 3.63) is 53.8 Å². The summed E-state index contributed by atoms with van der Waals surface area (Å²) in [5, 5.41) is 0.368. The van der Waals surface area contributed by atoms with Crippen molar-refractivity contribution in [2.75, 3.05) is 0 Å². The van der Waals surface area contributed by atoms with E-state index in [-0.39, 0.29) is 5.82 Å². The third kappa shape index (κ3) is 2.90. The van der Waals surface area contributed by atoms with Gasteiger partial charge in [-0.1, -0.05) is 17.7 Å². The van der Waals surface area contributed by atoms with Crippen LogP contribution in [0.25, 0.3) is 0 Å². The predicted molar refractivity (Wildman–Crippen MR) is 77.2 cm³/mol. The monoisotopic (exact) mass is 397 g/mol. The highest BCUT2D eigenvalue weighted by Crippen LogP contribution is 2.37. The average Bonchev–Trinajstić information content (AvgIpc) is 2.58. The molecule has 1 heterocycles. The van der Waals surface area contributed by atoms with Crippen molar-refractivity contribution in [1.29, 1.82) is 0 Å². The molecule has 0 bridgehead atoms. The lowest BCUT2D eigenvalue weighted by Crippen LogP contribution is -2.12. The summed E-state index contributed by atoms with van der Waals surface area (Å²) in [5.74, 6) is -0.384. The van der Waals surface area contributed by atoms with Gasteiger partial charge < -0.3 is 5.73 Å². The zero-order chi connectivity index (χ0) is 12.6. The normalized spacial score (nSPS) is 12.8. The maximum Gasteiger partial charge on any atom is 0.129 e. The second-order valence-corrected chi connectivity index (χ2v) is 7.11. The molecule has 1 nitrogen and oxygen atoms in total. The van der Waals surface area contributed by atoms with Gasteiger partial charge in [0.1, 0.15) is 5.82 Å². The first-order chi connectivity index (χ1) is 7.99. The van der Waals surface area contributed by atoms with Crippen LogP contribution in [0.1, 0.15) is 16.5 Å². The van der Waals surface area contributed by atoms with Crippen LogP contribution in [0.2, 0.25) is 5.02 Å².